The molecule has 0 spiro atoms. The van der Waals surface area contributed by atoms with Gasteiger partial charge in [0, 0.05) is 11.8 Å². The molecule has 0 unspecified atom stereocenters. The van der Waals surface area contributed by atoms with Crippen LogP contribution in [0.5, 0.6) is 11.5 Å². The van der Waals surface area contributed by atoms with Crippen LogP contribution in [0.3, 0.4) is 0 Å². The van der Waals surface area contributed by atoms with E-state index in [0.717, 1.165) is 11.1 Å². The third-order valence-electron chi connectivity index (χ3n) is 3.21. The van der Waals surface area contributed by atoms with Crippen LogP contribution < -0.4 is 14.8 Å². The Balaban J connectivity index is 2.05. The topological polar surface area (TPSA) is 67.8 Å². The first-order chi connectivity index (χ1) is 11.2. The number of methoxy groups -OCH3 is 2. The highest BCUT2D eigenvalue weighted by Crippen LogP contribution is 2.27. The Kier molecular flexibility index (Phi) is 5.77. The van der Waals surface area contributed by atoms with E-state index in [1.807, 2.05) is 6.07 Å². The van der Waals surface area contributed by atoms with E-state index in [1.165, 1.54) is 6.08 Å². The second-order valence-electron chi connectivity index (χ2n) is 4.80. The summed E-state index contributed by atoms with van der Waals surface area (Å²) in [5.41, 5.74) is 2.20. The molecule has 1 amide bonds. The van der Waals surface area contributed by atoms with Crippen LogP contribution in [0, 0.1) is 0 Å². The maximum atomic E-state index is 11.9. The number of ether oxygens (including phenoxy) is 2. The Labute approximate surface area is 135 Å². The van der Waals surface area contributed by atoms with Gasteiger partial charge in [-0.05, 0) is 41.5 Å². The SMILES string of the molecule is COc1ccc(/C=C/C(=O)Nc2cccc(CO)c2)cc1OC. The number of aliphatic hydroxyl groups excluding tert-OH is 1. The highest BCUT2D eigenvalue weighted by Gasteiger charge is 2.03. The molecule has 23 heavy (non-hydrogen) atoms. The standard InChI is InChI=1S/C18H19NO4/c1-22-16-8-6-13(11-17(16)23-2)7-9-18(21)19-15-5-3-4-14(10-15)12-20/h3-11,20H,12H2,1-2H3,(H,19,21)/b9-7+. The second-order valence-corrected chi connectivity index (χ2v) is 4.80. The third kappa shape index (κ3) is 4.59. The highest BCUT2D eigenvalue weighted by molar-refractivity contribution is 6.02. The van der Waals surface area contributed by atoms with Crippen LogP contribution in [0.1, 0.15) is 11.1 Å². The van der Waals surface area contributed by atoms with Crippen molar-refractivity contribution in [3.05, 3.63) is 59.7 Å². The van der Waals surface area contributed by atoms with Crippen LogP contribution in [0.15, 0.2) is 48.5 Å². The minimum absolute atomic E-state index is 0.0643. The Morgan fingerprint density at radius 1 is 1.13 bits per heavy atom. The molecule has 2 rings (SSSR count). The summed E-state index contributed by atoms with van der Waals surface area (Å²) in [7, 11) is 3.13. The fraction of sp³-hybridized carbons (Fsp3) is 0.167. The van der Waals surface area contributed by atoms with Gasteiger partial charge in [0.2, 0.25) is 5.91 Å². The van der Waals surface area contributed by atoms with Gasteiger partial charge in [0.05, 0.1) is 20.8 Å². The number of carbonyl (C=O) groups excluding carboxylic acids is 1. The van der Waals surface area contributed by atoms with Gasteiger partial charge in [-0.2, -0.15) is 0 Å². The zero-order valence-corrected chi connectivity index (χ0v) is 13.1. The van der Waals surface area contributed by atoms with Crippen LogP contribution in [-0.2, 0) is 11.4 Å². The molecule has 0 aliphatic rings. The number of hydrogen-bond acceptors (Lipinski definition) is 4. The predicted molar refractivity (Wildman–Crippen MR) is 89.6 cm³/mol. The van der Waals surface area contributed by atoms with E-state index in [9.17, 15) is 4.79 Å². The summed E-state index contributed by atoms with van der Waals surface area (Å²) < 4.78 is 10.4. The molecular weight excluding hydrogens is 294 g/mol. The monoisotopic (exact) mass is 313 g/mol. The summed E-state index contributed by atoms with van der Waals surface area (Å²) in [5, 5.41) is 11.8. The maximum absolute atomic E-state index is 11.9. The molecule has 0 bridgehead atoms. The molecule has 2 aromatic carbocycles. The van der Waals surface area contributed by atoms with E-state index in [0.29, 0.717) is 17.2 Å². The summed E-state index contributed by atoms with van der Waals surface area (Å²) in [6.45, 7) is -0.0643. The fourth-order valence-electron chi connectivity index (χ4n) is 2.06. The van der Waals surface area contributed by atoms with E-state index in [2.05, 4.69) is 5.32 Å². The van der Waals surface area contributed by atoms with Crippen molar-refractivity contribution in [2.45, 2.75) is 6.61 Å². The molecule has 5 nitrogen and oxygen atoms in total. The van der Waals surface area contributed by atoms with Crippen molar-refractivity contribution in [3.63, 3.8) is 0 Å². The summed E-state index contributed by atoms with van der Waals surface area (Å²) in [6.07, 6.45) is 3.13. The zero-order valence-electron chi connectivity index (χ0n) is 13.1. The third-order valence-corrected chi connectivity index (χ3v) is 3.21. The summed E-state index contributed by atoms with van der Waals surface area (Å²) in [4.78, 5) is 11.9. The molecule has 0 saturated carbocycles. The van der Waals surface area contributed by atoms with Crippen LogP contribution in [0.25, 0.3) is 6.08 Å². The fourth-order valence-corrected chi connectivity index (χ4v) is 2.06. The Hall–Kier alpha value is -2.79. The number of anilines is 1. The van der Waals surface area contributed by atoms with E-state index in [4.69, 9.17) is 14.6 Å². The van der Waals surface area contributed by atoms with Gasteiger partial charge in [-0.15, -0.1) is 0 Å². The normalized spacial score (nSPS) is 10.6. The van der Waals surface area contributed by atoms with E-state index in [-0.39, 0.29) is 12.5 Å². The Morgan fingerprint density at radius 2 is 1.91 bits per heavy atom. The Bertz CT molecular complexity index is 710. The number of benzene rings is 2. The number of amides is 1. The maximum Gasteiger partial charge on any atom is 0.248 e. The van der Waals surface area contributed by atoms with Gasteiger partial charge in [0.1, 0.15) is 0 Å². The first-order valence-corrected chi connectivity index (χ1v) is 7.07. The van der Waals surface area contributed by atoms with E-state index in [1.54, 1.807) is 56.7 Å². The van der Waals surface area contributed by atoms with Crippen LogP contribution >= 0.6 is 0 Å². The first-order valence-electron chi connectivity index (χ1n) is 7.07. The lowest BCUT2D eigenvalue weighted by Crippen LogP contribution is -2.07. The summed E-state index contributed by atoms with van der Waals surface area (Å²) >= 11 is 0. The lowest BCUT2D eigenvalue weighted by atomic mass is 10.2. The highest BCUT2D eigenvalue weighted by atomic mass is 16.5. The van der Waals surface area contributed by atoms with Gasteiger partial charge in [-0.25, -0.2) is 0 Å². The molecule has 0 aromatic heterocycles. The average molecular weight is 313 g/mol. The van der Waals surface area contributed by atoms with Crippen LogP contribution in [-0.4, -0.2) is 25.2 Å². The van der Waals surface area contributed by atoms with Crippen molar-refractivity contribution in [1.29, 1.82) is 0 Å². The number of hydrogen-bond donors (Lipinski definition) is 2. The first kappa shape index (κ1) is 16.6. The van der Waals surface area contributed by atoms with Crippen molar-refractivity contribution in [2.24, 2.45) is 0 Å². The molecular formula is C18H19NO4. The minimum atomic E-state index is -0.255. The van der Waals surface area contributed by atoms with Gasteiger partial charge in [-0.3, -0.25) is 4.79 Å². The lowest BCUT2D eigenvalue weighted by molar-refractivity contribution is -0.111. The van der Waals surface area contributed by atoms with Crippen molar-refractivity contribution in [3.8, 4) is 11.5 Å². The number of aliphatic hydroxyl groups is 1. The molecule has 5 heteroatoms. The van der Waals surface area contributed by atoms with Crippen molar-refractivity contribution in [1.82, 2.24) is 0 Å². The lowest BCUT2D eigenvalue weighted by Gasteiger charge is -2.07. The molecule has 0 heterocycles. The number of carbonyl (C=O) groups is 1. The van der Waals surface area contributed by atoms with Crippen molar-refractivity contribution >= 4 is 17.7 Å². The van der Waals surface area contributed by atoms with Gasteiger partial charge >= 0.3 is 0 Å². The van der Waals surface area contributed by atoms with Crippen molar-refractivity contribution < 1.29 is 19.4 Å². The second kappa shape index (κ2) is 8.00. The summed E-state index contributed by atoms with van der Waals surface area (Å²) in [6, 6.07) is 12.4. The molecule has 0 aliphatic heterocycles. The van der Waals surface area contributed by atoms with Crippen LogP contribution in [0.4, 0.5) is 5.69 Å². The molecule has 0 fully saturated rings. The van der Waals surface area contributed by atoms with Crippen molar-refractivity contribution in [2.75, 3.05) is 19.5 Å². The molecule has 0 atom stereocenters. The van der Waals surface area contributed by atoms with Crippen LogP contribution in [0.2, 0.25) is 0 Å². The average Bonchev–Trinajstić information content (AvgIpc) is 2.59. The number of rotatable bonds is 6. The molecule has 0 radical (unpaired) electrons. The van der Waals surface area contributed by atoms with Gasteiger partial charge in [0.25, 0.3) is 0 Å². The molecule has 0 aliphatic carbocycles. The van der Waals surface area contributed by atoms with Gasteiger partial charge in [0.15, 0.2) is 11.5 Å². The smallest absolute Gasteiger partial charge is 0.248 e. The molecule has 0 saturated heterocycles. The predicted octanol–water partition coefficient (Wildman–Crippen LogP) is 2.85. The van der Waals surface area contributed by atoms with Gasteiger partial charge in [-0.1, -0.05) is 18.2 Å². The van der Waals surface area contributed by atoms with E-state index >= 15 is 0 Å². The quantitative estimate of drug-likeness (QED) is 0.805. The zero-order chi connectivity index (χ0) is 16.7. The summed E-state index contributed by atoms with van der Waals surface area (Å²) in [5.74, 6) is 0.982. The Morgan fingerprint density at radius 3 is 2.61 bits per heavy atom. The number of nitrogens with one attached hydrogen (secondary N) is 1. The van der Waals surface area contributed by atoms with E-state index < -0.39 is 0 Å². The molecule has 2 N–H and O–H groups in total. The molecule has 2 aromatic rings. The van der Waals surface area contributed by atoms with Gasteiger partial charge < -0.3 is 19.9 Å². The minimum Gasteiger partial charge on any atom is -0.493 e. The largest absolute Gasteiger partial charge is 0.493 e. The molecule has 120 valence electrons.